The minimum Gasteiger partial charge on any atom is -0.470 e. The standard InChI is InChI=1S/C23H19Cl2FN6O4/c1-13-22(14(2)31(28-13)11-15-3-4-16(26)9-18(15)24)27-23(33)20-7-8-30(29-20)12-36-21-6-5-17(32(34)35)10-19(21)25/h3-10H,11-12H2,1-2H3,(H,27,33). The molecule has 0 saturated heterocycles. The summed E-state index contributed by atoms with van der Waals surface area (Å²) in [5.74, 6) is -0.637. The molecule has 36 heavy (non-hydrogen) atoms. The minimum atomic E-state index is -0.556. The highest BCUT2D eigenvalue weighted by molar-refractivity contribution is 6.32. The number of amides is 1. The molecule has 186 valence electrons. The second-order valence-corrected chi connectivity index (χ2v) is 8.59. The zero-order chi connectivity index (χ0) is 26.0. The molecule has 2 aromatic heterocycles. The summed E-state index contributed by atoms with van der Waals surface area (Å²) >= 11 is 12.2. The highest BCUT2D eigenvalue weighted by Crippen LogP contribution is 2.29. The van der Waals surface area contributed by atoms with Crippen LogP contribution in [0.1, 0.15) is 27.4 Å². The SMILES string of the molecule is Cc1nn(Cc2ccc(F)cc2Cl)c(C)c1NC(=O)c1ccn(COc2ccc([N+](=O)[O-])cc2Cl)n1. The first kappa shape index (κ1) is 25.1. The van der Waals surface area contributed by atoms with Crippen molar-refractivity contribution in [1.29, 1.82) is 0 Å². The van der Waals surface area contributed by atoms with Crippen LogP contribution in [-0.4, -0.2) is 30.4 Å². The van der Waals surface area contributed by atoms with Crippen LogP contribution in [-0.2, 0) is 13.3 Å². The summed E-state index contributed by atoms with van der Waals surface area (Å²) in [5, 5.41) is 22.7. The molecule has 0 unspecified atom stereocenters. The van der Waals surface area contributed by atoms with E-state index < -0.39 is 16.6 Å². The Morgan fingerprint density at radius 2 is 1.92 bits per heavy atom. The molecular weight excluding hydrogens is 514 g/mol. The van der Waals surface area contributed by atoms with Crippen LogP contribution in [0.25, 0.3) is 0 Å². The van der Waals surface area contributed by atoms with E-state index in [0.29, 0.717) is 29.2 Å². The lowest BCUT2D eigenvalue weighted by molar-refractivity contribution is -0.384. The maximum Gasteiger partial charge on any atom is 0.276 e. The quantitative estimate of drug-likeness (QED) is 0.240. The van der Waals surface area contributed by atoms with Gasteiger partial charge in [-0.25, -0.2) is 9.07 Å². The van der Waals surface area contributed by atoms with Crippen LogP contribution >= 0.6 is 23.2 Å². The molecule has 0 radical (unpaired) electrons. The van der Waals surface area contributed by atoms with Crippen molar-refractivity contribution in [2.75, 3.05) is 5.32 Å². The van der Waals surface area contributed by atoms with Gasteiger partial charge >= 0.3 is 0 Å². The Hall–Kier alpha value is -3.96. The normalized spacial score (nSPS) is 10.9. The molecule has 0 aliphatic rings. The summed E-state index contributed by atoms with van der Waals surface area (Å²) in [7, 11) is 0. The van der Waals surface area contributed by atoms with Crippen LogP contribution in [0.2, 0.25) is 10.0 Å². The fourth-order valence-corrected chi connectivity index (χ4v) is 3.89. The molecule has 2 aromatic carbocycles. The van der Waals surface area contributed by atoms with Crippen molar-refractivity contribution in [2.24, 2.45) is 0 Å². The molecule has 1 amide bonds. The van der Waals surface area contributed by atoms with E-state index >= 15 is 0 Å². The molecule has 0 fully saturated rings. The van der Waals surface area contributed by atoms with Crippen LogP contribution in [0, 0.1) is 29.8 Å². The number of hydrogen-bond acceptors (Lipinski definition) is 6. The van der Waals surface area contributed by atoms with Gasteiger partial charge in [0.1, 0.15) is 11.6 Å². The number of carbonyl (C=O) groups is 1. The number of hydrogen-bond donors (Lipinski definition) is 1. The van der Waals surface area contributed by atoms with Crippen molar-refractivity contribution in [3.05, 3.63) is 97.3 Å². The maximum atomic E-state index is 13.3. The molecular formula is C23H19Cl2FN6O4. The summed E-state index contributed by atoms with van der Waals surface area (Å²) in [5.41, 5.74) is 2.49. The molecule has 0 saturated carbocycles. The van der Waals surface area contributed by atoms with Crippen LogP contribution < -0.4 is 10.1 Å². The van der Waals surface area contributed by atoms with Gasteiger partial charge < -0.3 is 10.1 Å². The first-order valence-corrected chi connectivity index (χ1v) is 11.3. The van der Waals surface area contributed by atoms with Gasteiger partial charge in [0, 0.05) is 23.4 Å². The second-order valence-electron chi connectivity index (χ2n) is 7.78. The molecule has 0 aliphatic carbocycles. The van der Waals surface area contributed by atoms with Crippen molar-refractivity contribution in [1.82, 2.24) is 19.6 Å². The Balaban J connectivity index is 1.42. The summed E-state index contributed by atoms with van der Waals surface area (Å²) in [6.45, 7) is 3.79. The number of halogens is 3. The van der Waals surface area contributed by atoms with Gasteiger partial charge in [0.05, 0.1) is 33.6 Å². The topological polar surface area (TPSA) is 117 Å². The van der Waals surface area contributed by atoms with E-state index in [-0.39, 0.29) is 33.9 Å². The predicted octanol–water partition coefficient (Wildman–Crippen LogP) is 5.39. The smallest absolute Gasteiger partial charge is 0.276 e. The van der Waals surface area contributed by atoms with Gasteiger partial charge in [0.25, 0.3) is 11.6 Å². The van der Waals surface area contributed by atoms with E-state index in [1.807, 2.05) is 0 Å². The van der Waals surface area contributed by atoms with Gasteiger partial charge in [0.2, 0.25) is 0 Å². The maximum absolute atomic E-state index is 13.3. The largest absolute Gasteiger partial charge is 0.470 e. The van der Waals surface area contributed by atoms with Crippen molar-refractivity contribution >= 4 is 40.5 Å². The predicted molar refractivity (Wildman–Crippen MR) is 131 cm³/mol. The Bertz CT molecular complexity index is 1470. The Kier molecular flexibility index (Phi) is 7.22. The highest BCUT2D eigenvalue weighted by atomic mass is 35.5. The fraction of sp³-hybridized carbons (Fsp3) is 0.174. The number of non-ortho nitro benzene ring substituents is 1. The highest BCUT2D eigenvalue weighted by Gasteiger charge is 2.18. The molecule has 4 aromatic rings. The lowest BCUT2D eigenvalue weighted by atomic mass is 10.2. The molecule has 0 atom stereocenters. The third kappa shape index (κ3) is 5.47. The second kappa shape index (κ2) is 10.3. The summed E-state index contributed by atoms with van der Waals surface area (Å²) < 4.78 is 21.9. The molecule has 0 bridgehead atoms. The Labute approximate surface area is 214 Å². The van der Waals surface area contributed by atoms with Crippen molar-refractivity contribution in [2.45, 2.75) is 27.1 Å². The van der Waals surface area contributed by atoms with Gasteiger partial charge in [-0.3, -0.25) is 19.6 Å². The first-order valence-electron chi connectivity index (χ1n) is 10.5. The number of nitrogens with one attached hydrogen (secondary N) is 1. The number of rotatable bonds is 8. The van der Waals surface area contributed by atoms with E-state index in [2.05, 4.69) is 15.5 Å². The van der Waals surface area contributed by atoms with Crippen LogP contribution in [0.4, 0.5) is 15.8 Å². The fourth-order valence-electron chi connectivity index (χ4n) is 3.43. The average Bonchev–Trinajstić information content (AvgIpc) is 3.40. The number of ether oxygens (including phenoxy) is 1. The van der Waals surface area contributed by atoms with Gasteiger partial charge in [-0.05, 0) is 43.7 Å². The van der Waals surface area contributed by atoms with Gasteiger partial charge in [-0.15, -0.1) is 0 Å². The van der Waals surface area contributed by atoms with Crippen molar-refractivity contribution in [3.63, 3.8) is 0 Å². The molecule has 4 rings (SSSR count). The third-order valence-corrected chi connectivity index (χ3v) is 5.95. The Morgan fingerprint density at radius 3 is 2.61 bits per heavy atom. The first-order chi connectivity index (χ1) is 17.1. The number of nitrogens with zero attached hydrogens (tertiary/aromatic N) is 5. The number of benzene rings is 2. The average molecular weight is 533 g/mol. The minimum absolute atomic E-state index is 0.0702. The van der Waals surface area contributed by atoms with E-state index in [0.717, 1.165) is 0 Å². The van der Waals surface area contributed by atoms with E-state index in [4.69, 9.17) is 27.9 Å². The summed E-state index contributed by atoms with van der Waals surface area (Å²) in [4.78, 5) is 23.1. The van der Waals surface area contributed by atoms with Gasteiger partial charge in [-0.2, -0.15) is 10.2 Å². The monoisotopic (exact) mass is 532 g/mol. The third-order valence-electron chi connectivity index (χ3n) is 5.31. The van der Waals surface area contributed by atoms with Gasteiger partial charge in [-0.1, -0.05) is 29.3 Å². The number of aryl methyl sites for hydroxylation is 1. The summed E-state index contributed by atoms with van der Waals surface area (Å²) in [6, 6.07) is 9.52. The van der Waals surface area contributed by atoms with Crippen LogP contribution in [0.3, 0.4) is 0 Å². The summed E-state index contributed by atoms with van der Waals surface area (Å²) in [6.07, 6.45) is 1.55. The van der Waals surface area contributed by atoms with E-state index in [1.54, 1.807) is 30.8 Å². The number of aromatic nitrogens is 4. The molecule has 13 heteroatoms. The lowest BCUT2D eigenvalue weighted by Crippen LogP contribution is -2.15. The number of anilines is 1. The van der Waals surface area contributed by atoms with Crippen molar-refractivity contribution < 1.29 is 18.8 Å². The lowest BCUT2D eigenvalue weighted by Gasteiger charge is -2.08. The van der Waals surface area contributed by atoms with Crippen molar-refractivity contribution in [3.8, 4) is 5.75 Å². The van der Waals surface area contributed by atoms with E-state index in [9.17, 15) is 19.3 Å². The molecule has 0 spiro atoms. The zero-order valence-corrected chi connectivity index (χ0v) is 20.5. The van der Waals surface area contributed by atoms with E-state index in [1.165, 1.54) is 41.1 Å². The number of carbonyl (C=O) groups excluding carboxylic acids is 1. The molecule has 10 nitrogen and oxygen atoms in total. The molecule has 1 N–H and O–H groups in total. The van der Waals surface area contributed by atoms with Crippen LogP contribution in [0.15, 0.2) is 48.7 Å². The zero-order valence-electron chi connectivity index (χ0n) is 19.0. The number of nitro benzene ring substituents is 1. The van der Waals surface area contributed by atoms with Crippen LogP contribution in [0.5, 0.6) is 5.75 Å². The Morgan fingerprint density at radius 1 is 1.14 bits per heavy atom. The van der Waals surface area contributed by atoms with Gasteiger partial charge in [0.15, 0.2) is 12.4 Å². The number of nitro groups is 1. The molecule has 0 aliphatic heterocycles. The molecule has 2 heterocycles.